The Morgan fingerprint density at radius 3 is 1.40 bits per heavy atom. The van der Waals surface area contributed by atoms with Crippen molar-refractivity contribution in [1.29, 1.82) is 5.26 Å². The van der Waals surface area contributed by atoms with Gasteiger partial charge >= 0.3 is 0 Å². The van der Waals surface area contributed by atoms with Gasteiger partial charge in [-0.1, -0.05) is 182 Å². The summed E-state index contributed by atoms with van der Waals surface area (Å²) in [6.45, 7) is 0. The summed E-state index contributed by atoms with van der Waals surface area (Å²) in [6.07, 6.45) is 0. The molecule has 0 unspecified atom stereocenters. The number of hydrogen-bond donors (Lipinski definition) is 0. The number of benzene rings is 8. The average molecular weight is 727 g/mol. The van der Waals surface area contributed by atoms with E-state index in [1.807, 2.05) is 60.7 Å². The van der Waals surface area contributed by atoms with Gasteiger partial charge in [-0.05, 0) is 79.9 Å². The van der Waals surface area contributed by atoms with E-state index in [1.54, 1.807) is 0 Å². The average Bonchev–Trinajstić information content (AvgIpc) is 3.61. The Balaban J connectivity index is 1.21. The molecule has 0 spiro atoms. The second-order valence-corrected chi connectivity index (χ2v) is 14.3. The Morgan fingerprint density at radius 1 is 0.333 bits per heavy atom. The van der Waals surface area contributed by atoms with Gasteiger partial charge in [0.2, 0.25) is 0 Å². The Hall–Kier alpha value is -7.74. The van der Waals surface area contributed by atoms with Crippen LogP contribution in [0.4, 0.5) is 0 Å². The van der Waals surface area contributed by atoms with Crippen molar-refractivity contribution >= 4 is 0 Å². The normalized spacial score (nSPS) is 12.3. The number of rotatable bonds is 7. The molecule has 1 aliphatic rings. The molecule has 4 heteroatoms. The van der Waals surface area contributed by atoms with Crippen LogP contribution in [0.25, 0.3) is 67.5 Å². The first-order valence-electron chi connectivity index (χ1n) is 19.1. The van der Waals surface area contributed by atoms with Crippen molar-refractivity contribution in [3.8, 4) is 73.6 Å². The molecule has 1 heterocycles. The summed E-state index contributed by atoms with van der Waals surface area (Å²) in [7, 11) is 0. The number of nitriles is 1. The molecule has 1 aliphatic carbocycles. The van der Waals surface area contributed by atoms with Crippen molar-refractivity contribution in [1.82, 2.24) is 15.0 Å². The standard InChI is InChI=1S/C53H34N4/c54-35-36-16-13-21-39(32-36)40-22-14-24-42(33-40)53(48-30-11-9-27-45(48)46-28-10-12-31-49(46)53)43-25-15-23-41(34-43)51-55-50(38-19-5-2-6-20-38)56-52(57-51)47-29-8-7-26-44(47)37-17-3-1-4-18-37/h1-34H. The summed E-state index contributed by atoms with van der Waals surface area (Å²) in [4.78, 5) is 15.5. The predicted octanol–water partition coefficient (Wildman–Crippen LogP) is 12.4. The van der Waals surface area contributed by atoms with E-state index in [4.69, 9.17) is 15.0 Å². The summed E-state index contributed by atoms with van der Waals surface area (Å²) >= 11 is 0. The molecule has 0 N–H and O–H groups in total. The summed E-state index contributed by atoms with van der Waals surface area (Å²) in [6, 6.07) is 74.0. The van der Waals surface area contributed by atoms with Crippen molar-refractivity contribution in [2.75, 3.05) is 0 Å². The molecule has 0 radical (unpaired) electrons. The first-order chi connectivity index (χ1) is 28.2. The quantitative estimate of drug-likeness (QED) is 0.164. The van der Waals surface area contributed by atoms with Crippen molar-refractivity contribution in [3.63, 3.8) is 0 Å². The summed E-state index contributed by atoms with van der Waals surface area (Å²) < 4.78 is 0. The van der Waals surface area contributed by atoms with Gasteiger partial charge in [0.25, 0.3) is 0 Å². The van der Waals surface area contributed by atoms with E-state index >= 15 is 0 Å². The number of hydrogen-bond acceptors (Lipinski definition) is 4. The molecule has 4 nitrogen and oxygen atoms in total. The van der Waals surface area contributed by atoms with Crippen LogP contribution in [0.15, 0.2) is 206 Å². The van der Waals surface area contributed by atoms with E-state index in [0.29, 0.717) is 23.0 Å². The Labute approximate surface area is 332 Å². The summed E-state index contributed by atoms with van der Waals surface area (Å²) in [5.41, 5.74) is 14.0. The highest BCUT2D eigenvalue weighted by molar-refractivity contribution is 5.87. The number of fused-ring (bicyclic) bond motifs is 3. The lowest BCUT2D eigenvalue weighted by atomic mass is 9.67. The molecule has 10 rings (SSSR count). The summed E-state index contributed by atoms with van der Waals surface area (Å²) in [5, 5.41) is 9.73. The van der Waals surface area contributed by atoms with E-state index in [9.17, 15) is 5.26 Å². The van der Waals surface area contributed by atoms with E-state index in [0.717, 1.165) is 50.1 Å². The van der Waals surface area contributed by atoms with E-state index < -0.39 is 5.41 Å². The number of aromatic nitrogens is 3. The maximum absolute atomic E-state index is 9.73. The van der Waals surface area contributed by atoms with Gasteiger partial charge in [0, 0.05) is 16.7 Å². The fraction of sp³-hybridized carbons (Fsp3) is 0.0189. The number of nitrogens with zero attached hydrogens (tertiary/aromatic N) is 4. The second-order valence-electron chi connectivity index (χ2n) is 14.3. The zero-order chi connectivity index (χ0) is 38.2. The van der Waals surface area contributed by atoms with Crippen LogP contribution in [-0.2, 0) is 5.41 Å². The van der Waals surface area contributed by atoms with Crippen LogP contribution in [0, 0.1) is 11.3 Å². The third-order valence-electron chi connectivity index (χ3n) is 11.0. The minimum atomic E-state index is -0.663. The fourth-order valence-corrected chi connectivity index (χ4v) is 8.50. The highest BCUT2D eigenvalue weighted by atomic mass is 15.0. The van der Waals surface area contributed by atoms with Gasteiger partial charge in [-0.2, -0.15) is 5.26 Å². The highest BCUT2D eigenvalue weighted by Gasteiger charge is 2.46. The van der Waals surface area contributed by atoms with Crippen LogP contribution in [-0.4, -0.2) is 15.0 Å². The van der Waals surface area contributed by atoms with Crippen LogP contribution in [0.1, 0.15) is 27.8 Å². The van der Waals surface area contributed by atoms with E-state index in [-0.39, 0.29) is 0 Å². The lowest BCUT2D eigenvalue weighted by Gasteiger charge is -2.34. The monoisotopic (exact) mass is 726 g/mol. The van der Waals surface area contributed by atoms with Crippen LogP contribution in [0.5, 0.6) is 0 Å². The lowest BCUT2D eigenvalue weighted by Crippen LogP contribution is -2.28. The van der Waals surface area contributed by atoms with Gasteiger partial charge in [0.05, 0.1) is 17.0 Å². The minimum absolute atomic E-state index is 0.598. The third-order valence-corrected chi connectivity index (χ3v) is 11.0. The first-order valence-corrected chi connectivity index (χ1v) is 19.1. The second kappa shape index (κ2) is 14.2. The molecule has 0 saturated carbocycles. The van der Waals surface area contributed by atoms with Gasteiger partial charge < -0.3 is 0 Å². The SMILES string of the molecule is N#Cc1cccc(-c2cccc(C3(c4cccc(-c5nc(-c6ccccc6)nc(-c6ccccc6-c6ccccc6)n5)c4)c4ccccc4-c4ccccc43)c2)c1. The molecule has 9 aromatic rings. The molecule has 0 fully saturated rings. The smallest absolute Gasteiger partial charge is 0.164 e. The Bertz CT molecular complexity index is 2940. The lowest BCUT2D eigenvalue weighted by molar-refractivity contribution is 0.769. The third kappa shape index (κ3) is 5.82. The zero-order valence-corrected chi connectivity index (χ0v) is 30.9. The predicted molar refractivity (Wildman–Crippen MR) is 229 cm³/mol. The zero-order valence-electron chi connectivity index (χ0n) is 30.9. The maximum atomic E-state index is 9.73. The molecule has 0 saturated heterocycles. The molecule has 0 amide bonds. The molecular formula is C53H34N4. The molecule has 266 valence electrons. The minimum Gasteiger partial charge on any atom is -0.208 e. The van der Waals surface area contributed by atoms with Gasteiger partial charge in [-0.25, -0.2) is 15.0 Å². The van der Waals surface area contributed by atoms with Crippen LogP contribution < -0.4 is 0 Å². The summed E-state index contributed by atoms with van der Waals surface area (Å²) in [5.74, 6) is 1.82. The van der Waals surface area contributed by atoms with Crippen molar-refractivity contribution in [2.24, 2.45) is 0 Å². The molecule has 0 bridgehead atoms. The first kappa shape index (κ1) is 33.8. The van der Waals surface area contributed by atoms with Gasteiger partial charge in [-0.15, -0.1) is 0 Å². The van der Waals surface area contributed by atoms with Crippen LogP contribution >= 0.6 is 0 Å². The Kier molecular flexibility index (Phi) is 8.39. The maximum Gasteiger partial charge on any atom is 0.164 e. The van der Waals surface area contributed by atoms with E-state index in [2.05, 4.69) is 152 Å². The van der Waals surface area contributed by atoms with Crippen molar-refractivity contribution in [3.05, 3.63) is 234 Å². The largest absolute Gasteiger partial charge is 0.208 e. The molecule has 1 aromatic heterocycles. The van der Waals surface area contributed by atoms with Crippen molar-refractivity contribution < 1.29 is 0 Å². The fourth-order valence-electron chi connectivity index (χ4n) is 8.50. The van der Waals surface area contributed by atoms with Gasteiger partial charge in [0.15, 0.2) is 17.5 Å². The van der Waals surface area contributed by atoms with Crippen molar-refractivity contribution in [2.45, 2.75) is 5.41 Å². The van der Waals surface area contributed by atoms with Crippen LogP contribution in [0.3, 0.4) is 0 Å². The topological polar surface area (TPSA) is 62.5 Å². The molecule has 8 aromatic carbocycles. The molecule has 57 heavy (non-hydrogen) atoms. The Morgan fingerprint density at radius 2 is 0.772 bits per heavy atom. The van der Waals surface area contributed by atoms with E-state index in [1.165, 1.54) is 22.3 Å². The van der Waals surface area contributed by atoms with Gasteiger partial charge in [0.1, 0.15) is 0 Å². The van der Waals surface area contributed by atoms with Gasteiger partial charge in [-0.3, -0.25) is 0 Å². The highest BCUT2D eigenvalue weighted by Crippen LogP contribution is 2.56. The molecular weight excluding hydrogens is 693 g/mol. The van der Waals surface area contributed by atoms with Crippen LogP contribution in [0.2, 0.25) is 0 Å². The molecule has 0 atom stereocenters. The molecule has 0 aliphatic heterocycles.